The van der Waals surface area contributed by atoms with Crippen LogP contribution in [0.2, 0.25) is 0 Å². The SMILES string of the molecule is C=C/C=C\C(=C/C)c1ccc2[nH]nc(-c3cc4c(-c5cc(C)cc(F)c5)cncc4[nH]3)c2n1. The van der Waals surface area contributed by atoms with Gasteiger partial charge >= 0.3 is 0 Å². The van der Waals surface area contributed by atoms with E-state index in [1.54, 1.807) is 18.5 Å². The van der Waals surface area contributed by atoms with Crippen LogP contribution in [0.25, 0.3) is 50.0 Å². The van der Waals surface area contributed by atoms with Gasteiger partial charge in [-0.2, -0.15) is 5.10 Å². The highest BCUT2D eigenvalue weighted by Gasteiger charge is 2.16. The highest BCUT2D eigenvalue weighted by atomic mass is 19.1. The Balaban J connectivity index is 1.65. The van der Waals surface area contributed by atoms with Gasteiger partial charge in [0.1, 0.15) is 17.0 Å². The lowest BCUT2D eigenvalue weighted by molar-refractivity contribution is 0.627. The summed E-state index contributed by atoms with van der Waals surface area (Å²) in [6.45, 7) is 7.59. The van der Waals surface area contributed by atoms with E-state index in [2.05, 4.69) is 26.7 Å². The van der Waals surface area contributed by atoms with Crippen LogP contribution in [-0.4, -0.2) is 25.1 Å². The van der Waals surface area contributed by atoms with E-state index in [1.165, 1.54) is 12.1 Å². The van der Waals surface area contributed by atoms with Crippen molar-refractivity contribution in [1.82, 2.24) is 25.1 Å². The third-order valence-electron chi connectivity index (χ3n) is 5.58. The first kappa shape index (κ1) is 20.6. The summed E-state index contributed by atoms with van der Waals surface area (Å²) in [6.07, 6.45) is 11.1. The minimum Gasteiger partial charge on any atom is -0.352 e. The molecule has 5 nitrogen and oxygen atoms in total. The molecule has 0 aliphatic heterocycles. The lowest BCUT2D eigenvalue weighted by atomic mass is 10.0. The Morgan fingerprint density at radius 1 is 1.09 bits per heavy atom. The minimum atomic E-state index is -0.266. The zero-order valence-corrected chi connectivity index (χ0v) is 18.4. The normalized spacial score (nSPS) is 12.3. The maximum atomic E-state index is 14.1. The number of nitrogens with one attached hydrogen (secondary N) is 2. The van der Waals surface area contributed by atoms with E-state index in [0.29, 0.717) is 5.69 Å². The van der Waals surface area contributed by atoms with Gasteiger partial charge in [-0.05, 0) is 60.9 Å². The Labute approximate surface area is 190 Å². The number of aryl methyl sites for hydroxylation is 1. The standard InChI is InChI=1S/C27H22FN5/c1-4-6-7-17(5-2)22-8-9-23-26(31-22)27(33-32-23)24-13-20-21(14-29-15-25(20)30-24)18-10-16(3)11-19(28)12-18/h4-15,30H,1H2,2-3H3,(H,32,33)/b7-6-,17-5+. The predicted octanol–water partition coefficient (Wildman–Crippen LogP) is 6.76. The van der Waals surface area contributed by atoms with E-state index in [9.17, 15) is 4.39 Å². The summed E-state index contributed by atoms with van der Waals surface area (Å²) < 4.78 is 14.1. The molecule has 0 atom stereocenters. The van der Waals surface area contributed by atoms with E-state index < -0.39 is 0 Å². The molecule has 2 N–H and O–H groups in total. The van der Waals surface area contributed by atoms with Crippen LogP contribution < -0.4 is 0 Å². The molecule has 0 saturated heterocycles. The molecule has 5 rings (SSSR count). The second-order valence-corrected chi connectivity index (χ2v) is 7.85. The number of pyridine rings is 2. The van der Waals surface area contributed by atoms with Gasteiger partial charge in [-0.1, -0.05) is 36.9 Å². The minimum absolute atomic E-state index is 0.266. The summed E-state index contributed by atoms with van der Waals surface area (Å²) in [5, 5.41) is 8.54. The zero-order chi connectivity index (χ0) is 22.9. The van der Waals surface area contributed by atoms with Gasteiger partial charge in [-0.3, -0.25) is 10.1 Å². The van der Waals surface area contributed by atoms with Gasteiger partial charge in [0.2, 0.25) is 0 Å². The first-order valence-corrected chi connectivity index (χ1v) is 10.6. The Kier molecular flexibility index (Phi) is 5.18. The number of hydrogen-bond acceptors (Lipinski definition) is 3. The molecule has 0 aliphatic rings. The molecule has 0 radical (unpaired) electrons. The van der Waals surface area contributed by atoms with Gasteiger partial charge in [0.05, 0.1) is 28.6 Å². The molecule has 33 heavy (non-hydrogen) atoms. The molecule has 0 unspecified atom stereocenters. The first-order valence-electron chi connectivity index (χ1n) is 10.6. The second-order valence-electron chi connectivity index (χ2n) is 7.85. The molecule has 4 aromatic heterocycles. The number of fused-ring (bicyclic) bond motifs is 2. The molecule has 0 saturated carbocycles. The zero-order valence-electron chi connectivity index (χ0n) is 18.4. The molecule has 4 heterocycles. The Hall–Kier alpha value is -4.32. The van der Waals surface area contributed by atoms with Crippen LogP contribution in [0.1, 0.15) is 18.2 Å². The average molecular weight is 436 g/mol. The summed E-state index contributed by atoms with van der Waals surface area (Å²) in [5.74, 6) is -0.266. The number of allylic oxidation sites excluding steroid dienone is 5. The molecule has 6 heteroatoms. The van der Waals surface area contributed by atoms with E-state index in [1.807, 2.05) is 56.3 Å². The third-order valence-corrected chi connectivity index (χ3v) is 5.58. The van der Waals surface area contributed by atoms with Crippen LogP contribution in [0, 0.1) is 12.7 Å². The van der Waals surface area contributed by atoms with Crippen LogP contribution in [-0.2, 0) is 0 Å². The molecule has 0 bridgehead atoms. The fraction of sp³-hybridized carbons (Fsp3) is 0.0741. The van der Waals surface area contributed by atoms with Crippen molar-refractivity contribution in [3.8, 4) is 22.5 Å². The number of halogens is 1. The molecule has 0 spiro atoms. The number of benzene rings is 1. The van der Waals surface area contributed by atoms with Crippen LogP contribution in [0.15, 0.2) is 79.7 Å². The van der Waals surface area contributed by atoms with Gasteiger partial charge in [-0.15, -0.1) is 0 Å². The van der Waals surface area contributed by atoms with Crippen molar-refractivity contribution >= 4 is 27.5 Å². The summed E-state index contributed by atoms with van der Waals surface area (Å²) in [7, 11) is 0. The van der Waals surface area contributed by atoms with E-state index in [4.69, 9.17) is 4.98 Å². The molecular formula is C27H22FN5. The van der Waals surface area contributed by atoms with Crippen molar-refractivity contribution in [3.63, 3.8) is 0 Å². The number of nitrogens with zero attached hydrogens (tertiary/aromatic N) is 3. The molecule has 0 fully saturated rings. The van der Waals surface area contributed by atoms with Crippen LogP contribution >= 0.6 is 0 Å². The Morgan fingerprint density at radius 2 is 1.97 bits per heavy atom. The van der Waals surface area contributed by atoms with Crippen LogP contribution in [0.5, 0.6) is 0 Å². The third kappa shape index (κ3) is 3.76. The van der Waals surface area contributed by atoms with Crippen LogP contribution in [0.3, 0.4) is 0 Å². The monoisotopic (exact) mass is 435 g/mol. The van der Waals surface area contributed by atoms with Gasteiger partial charge in [0.15, 0.2) is 0 Å². The summed E-state index contributed by atoms with van der Waals surface area (Å²) in [4.78, 5) is 12.6. The number of rotatable bonds is 5. The topological polar surface area (TPSA) is 70.2 Å². The van der Waals surface area contributed by atoms with Gasteiger partial charge in [0.25, 0.3) is 0 Å². The summed E-state index contributed by atoms with van der Waals surface area (Å²) in [6, 6.07) is 11.0. The lowest BCUT2D eigenvalue weighted by Crippen LogP contribution is -1.88. The van der Waals surface area contributed by atoms with Crippen LogP contribution in [0.4, 0.5) is 4.39 Å². The number of H-pyrrole nitrogens is 2. The smallest absolute Gasteiger partial charge is 0.135 e. The van der Waals surface area contributed by atoms with Crippen molar-refractivity contribution in [2.45, 2.75) is 13.8 Å². The van der Waals surface area contributed by atoms with Crippen molar-refractivity contribution in [3.05, 3.63) is 96.7 Å². The van der Waals surface area contributed by atoms with E-state index >= 15 is 0 Å². The molecule has 1 aromatic carbocycles. The fourth-order valence-corrected chi connectivity index (χ4v) is 4.05. The maximum Gasteiger partial charge on any atom is 0.135 e. The van der Waals surface area contributed by atoms with Crippen molar-refractivity contribution in [2.24, 2.45) is 0 Å². The number of aromatic amines is 2. The first-order chi connectivity index (χ1) is 16.1. The molecular weight excluding hydrogens is 413 g/mol. The predicted molar refractivity (Wildman–Crippen MR) is 132 cm³/mol. The Morgan fingerprint density at radius 3 is 2.76 bits per heavy atom. The van der Waals surface area contributed by atoms with Crippen molar-refractivity contribution in [2.75, 3.05) is 0 Å². The quantitative estimate of drug-likeness (QED) is 0.300. The highest BCUT2D eigenvalue weighted by Crippen LogP contribution is 2.34. The number of hydrogen-bond donors (Lipinski definition) is 2. The van der Waals surface area contributed by atoms with Gasteiger partial charge in [0, 0.05) is 17.1 Å². The largest absolute Gasteiger partial charge is 0.352 e. The molecule has 0 amide bonds. The lowest BCUT2D eigenvalue weighted by Gasteiger charge is -2.05. The van der Waals surface area contributed by atoms with Crippen molar-refractivity contribution in [1.29, 1.82) is 0 Å². The number of aromatic nitrogens is 5. The van der Waals surface area contributed by atoms with Crippen molar-refractivity contribution < 1.29 is 4.39 Å². The van der Waals surface area contributed by atoms with Gasteiger partial charge < -0.3 is 4.98 Å². The maximum absolute atomic E-state index is 14.1. The fourth-order valence-electron chi connectivity index (χ4n) is 4.05. The summed E-state index contributed by atoms with van der Waals surface area (Å²) >= 11 is 0. The van der Waals surface area contributed by atoms with E-state index in [0.717, 1.165) is 55.6 Å². The molecule has 0 aliphatic carbocycles. The summed E-state index contributed by atoms with van der Waals surface area (Å²) in [5.41, 5.74) is 8.33. The second kappa shape index (κ2) is 8.31. The van der Waals surface area contributed by atoms with E-state index in [-0.39, 0.29) is 5.82 Å². The Bertz CT molecular complexity index is 1550. The van der Waals surface area contributed by atoms with Gasteiger partial charge in [-0.25, -0.2) is 9.37 Å². The molecule has 162 valence electrons. The average Bonchev–Trinajstić information content (AvgIpc) is 3.42. The molecule has 5 aromatic rings. The highest BCUT2D eigenvalue weighted by molar-refractivity contribution is 6.00.